The van der Waals surface area contributed by atoms with E-state index in [-0.39, 0.29) is 27.6 Å². The Morgan fingerprint density at radius 2 is 1.95 bits per heavy atom. The third kappa shape index (κ3) is 5.15. The molecule has 3 unspecified atom stereocenters. The van der Waals surface area contributed by atoms with Gasteiger partial charge in [-0.1, -0.05) is 47.0 Å². The summed E-state index contributed by atoms with van der Waals surface area (Å²) in [7, 11) is 1.39. The van der Waals surface area contributed by atoms with Gasteiger partial charge < -0.3 is 18.9 Å². The minimum absolute atomic E-state index is 0.0783. The Hall–Kier alpha value is -2.64. The second-order valence-corrected chi connectivity index (χ2v) is 9.88. The van der Waals surface area contributed by atoms with Crippen molar-refractivity contribution >= 4 is 27.5 Å². The number of methoxy groups -OCH3 is 1. The second kappa shape index (κ2) is 10.9. The first-order chi connectivity index (χ1) is 18.2. The lowest BCUT2D eigenvalue weighted by Crippen LogP contribution is -2.59. The van der Waals surface area contributed by atoms with Crippen molar-refractivity contribution in [2.75, 3.05) is 13.7 Å². The number of hydrogen-bond donors (Lipinski definition) is 0. The highest BCUT2D eigenvalue weighted by molar-refractivity contribution is 9.10. The average Bonchev–Trinajstić information content (AvgIpc) is 3.29. The average molecular weight is 615 g/mol. The Kier molecular flexibility index (Phi) is 7.70. The predicted octanol–water partition coefficient (Wildman–Crippen LogP) is 6.56. The molecule has 200 valence electrons. The van der Waals surface area contributed by atoms with E-state index < -0.39 is 48.5 Å². The molecule has 0 N–H and O–H groups in total. The summed E-state index contributed by atoms with van der Waals surface area (Å²) >= 11 is 9.33. The molecule has 0 amide bonds. The van der Waals surface area contributed by atoms with Crippen LogP contribution in [0.15, 0.2) is 64.3 Å². The van der Waals surface area contributed by atoms with E-state index in [2.05, 4.69) is 31.1 Å². The Balaban J connectivity index is 1.55. The maximum atomic E-state index is 13.9. The van der Waals surface area contributed by atoms with E-state index in [0.717, 1.165) is 22.4 Å². The first kappa shape index (κ1) is 26.9. The Morgan fingerprint density at radius 3 is 2.63 bits per heavy atom. The van der Waals surface area contributed by atoms with Gasteiger partial charge in [-0.2, -0.15) is 18.3 Å². The number of aromatic nitrogens is 2. The van der Waals surface area contributed by atoms with Crippen molar-refractivity contribution in [3.05, 3.63) is 91.5 Å². The first-order valence-electron chi connectivity index (χ1n) is 11.4. The van der Waals surface area contributed by atoms with Crippen LogP contribution in [-0.4, -0.2) is 47.9 Å². The van der Waals surface area contributed by atoms with E-state index >= 15 is 0 Å². The highest BCUT2D eigenvalue weighted by Crippen LogP contribution is 2.43. The van der Waals surface area contributed by atoms with E-state index in [0.29, 0.717) is 0 Å². The van der Waals surface area contributed by atoms with E-state index in [4.69, 9.17) is 30.5 Å². The zero-order valence-corrected chi connectivity index (χ0v) is 22.0. The molecule has 0 spiro atoms. The van der Waals surface area contributed by atoms with Crippen LogP contribution in [0.2, 0.25) is 5.02 Å². The van der Waals surface area contributed by atoms with Crippen LogP contribution in [0.5, 0.6) is 0 Å². The van der Waals surface area contributed by atoms with Crippen LogP contribution in [0, 0.1) is 0 Å². The predicted molar refractivity (Wildman–Crippen MR) is 133 cm³/mol. The van der Waals surface area contributed by atoms with Gasteiger partial charge in [-0.15, -0.1) is 0 Å². The number of rotatable bonds is 5. The fraction of sp³-hybridized carbons (Fsp3) is 0.375. The quantitative estimate of drug-likeness (QED) is 0.184. The number of azide groups is 1. The molecular weight excluding hydrogens is 595 g/mol. The van der Waals surface area contributed by atoms with Gasteiger partial charge in [-0.25, -0.2) is 4.68 Å². The van der Waals surface area contributed by atoms with E-state index in [1.165, 1.54) is 19.2 Å². The van der Waals surface area contributed by atoms with Crippen LogP contribution in [0.1, 0.15) is 29.2 Å². The zero-order chi connectivity index (χ0) is 27.0. The molecule has 0 bridgehead atoms. The first-order valence-corrected chi connectivity index (χ1v) is 12.6. The molecule has 2 aliphatic rings. The van der Waals surface area contributed by atoms with Crippen LogP contribution in [0.4, 0.5) is 13.2 Å². The molecule has 5 rings (SSSR count). The number of hydrogen-bond acceptors (Lipinski definition) is 6. The fourth-order valence-corrected chi connectivity index (χ4v) is 5.31. The highest BCUT2D eigenvalue weighted by atomic mass is 79.9. The molecule has 3 heterocycles. The van der Waals surface area contributed by atoms with Crippen molar-refractivity contribution in [3.8, 4) is 5.69 Å². The number of benzene rings is 2. The van der Waals surface area contributed by atoms with Crippen molar-refractivity contribution in [3.63, 3.8) is 0 Å². The maximum absolute atomic E-state index is 13.9. The zero-order valence-electron chi connectivity index (χ0n) is 19.6. The highest BCUT2D eigenvalue weighted by Gasteiger charge is 2.51. The molecule has 0 radical (unpaired) electrons. The number of fused-ring (bicyclic) bond motifs is 1. The molecule has 1 aromatic heterocycles. The van der Waals surface area contributed by atoms with Gasteiger partial charge in [0.25, 0.3) is 0 Å². The molecule has 9 nitrogen and oxygen atoms in total. The molecule has 14 heteroatoms. The van der Waals surface area contributed by atoms with Crippen molar-refractivity contribution in [2.24, 2.45) is 5.11 Å². The minimum Gasteiger partial charge on any atom is -0.378 e. The molecule has 2 aliphatic heterocycles. The lowest BCUT2D eigenvalue weighted by atomic mass is 9.90. The number of ether oxygens (including phenoxy) is 4. The lowest BCUT2D eigenvalue weighted by molar-refractivity contribution is -0.310. The SMILES string of the molecule is COC1[C@@H](N=[N+]=[N-])[C@H]2OC(c3ccccc3)OCC2O[C@H]1c1cc(Br)nn1-c1cc(Cl)ccc1C(F)(F)F. The third-order valence-corrected chi connectivity index (χ3v) is 7.00. The van der Waals surface area contributed by atoms with Gasteiger partial charge in [0, 0.05) is 22.6 Å². The number of halogens is 5. The van der Waals surface area contributed by atoms with Crippen molar-refractivity contribution in [1.29, 1.82) is 0 Å². The van der Waals surface area contributed by atoms with Crippen LogP contribution in [0.25, 0.3) is 16.1 Å². The standard InChI is InChI=1S/C24H20BrClF3N5O4/c1-35-22-19(31-33-30)21-17(11-36-23(38-21)12-5-3-2-4-6-12)37-20(22)16-10-18(25)32-34(16)15-9-13(26)7-8-14(15)24(27,28)29/h2-10,17,19-23H,11H2,1H3/t17?,19-,20-,21-,22?,23?/m0/s1. The summed E-state index contributed by atoms with van der Waals surface area (Å²) < 4.78 is 67.2. The van der Waals surface area contributed by atoms with Gasteiger partial charge in [0.1, 0.15) is 29.0 Å². The topological polar surface area (TPSA) is 104 Å². The van der Waals surface area contributed by atoms with Gasteiger partial charge in [-0.3, -0.25) is 0 Å². The summed E-state index contributed by atoms with van der Waals surface area (Å²) in [6.45, 7) is 0.0783. The normalized spacial score (nSPS) is 27.4. The summed E-state index contributed by atoms with van der Waals surface area (Å²) in [6, 6.07) is 13.1. The van der Waals surface area contributed by atoms with Crippen molar-refractivity contribution < 1.29 is 32.1 Å². The van der Waals surface area contributed by atoms with Gasteiger partial charge in [0.2, 0.25) is 0 Å². The number of nitrogens with zero attached hydrogens (tertiary/aromatic N) is 5. The van der Waals surface area contributed by atoms with Crippen molar-refractivity contribution in [2.45, 2.75) is 42.9 Å². The van der Waals surface area contributed by atoms with Gasteiger partial charge in [0.05, 0.1) is 29.6 Å². The summed E-state index contributed by atoms with van der Waals surface area (Å²) in [5, 5.41) is 8.29. The Labute approximate surface area is 228 Å². The van der Waals surface area contributed by atoms with E-state index in [9.17, 15) is 18.7 Å². The third-order valence-electron chi connectivity index (χ3n) is 6.37. The number of alkyl halides is 3. The Morgan fingerprint density at radius 1 is 1.18 bits per heavy atom. The smallest absolute Gasteiger partial charge is 0.378 e. The fourth-order valence-electron chi connectivity index (χ4n) is 4.75. The van der Waals surface area contributed by atoms with E-state index in [1.54, 1.807) is 0 Å². The van der Waals surface area contributed by atoms with Crippen molar-refractivity contribution in [1.82, 2.24) is 9.78 Å². The summed E-state index contributed by atoms with van der Waals surface area (Å²) in [5.74, 6) is 0. The molecule has 6 atom stereocenters. The molecule has 2 fully saturated rings. The molecule has 3 aromatic rings. The van der Waals surface area contributed by atoms with Gasteiger partial charge in [-0.05, 0) is 45.7 Å². The lowest BCUT2D eigenvalue weighted by Gasteiger charge is -2.48. The largest absolute Gasteiger partial charge is 0.418 e. The van der Waals surface area contributed by atoms with Crippen LogP contribution < -0.4 is 0 Å². The van der Waals surface area contributed by atoms with Crippen LogP contribution >= 0.6 is 27.5 Å². The van der Waals surface area contributed by atoms with E-state index in [1.807, 2.05) is 30.3 Å². The van der Waals surface area contributed by atoms with Crippen LogP contribution in [0.3, 0.4) is 0 Å². The molecule has 2 saturated heterocycles. The summed E-state index contributed by atoms with van der Waals surface area (Å²) in [4.78, 5) is 2.99. The summed E-state index contributed by atoms with van der Waals surface area (Å²) in [6.07, 6.45) is -8.81. The van der Waals surface area contributed by atoms with Gasteiger partial charge in [0.15, 0.2) is 6.29 Å². The summed E-state index contributed by atoms with van der Waals surface area (Å²) in [5.41, 5.74) is 9.11. The molecule has 2 aromatic carbocycles. The molecule has 0 saturated carbocycles. The maximum Gasteiger partial charge on any atom is 0.418 e. The Bertz CT molecular complexity index is 1350. The molecular formula is C24H20BrClF3N5O4. The monoisotopic (exact) mass is 613 g/mol. The van der Waals surface area contributed by atoms with Crippen LogP contribution in [-0.2, 0) is 25.1 Å². The second-order valence-electron chi connectivity index (χ2n) is 8.63. The van der Waals surface area contributed by atoms with Gasteiger partial charge >= 0.3 is 6.18 Å². The molecule has 0 aliphatic carbocycles. The molecule has 38 heavy (non-hydrogen) atoms. The minimum atomic E-state index is -4.68.